The molecule has 0 saturated carbocycles. The van der Waals surface area contributed by atoms with E-state index in [2.05, 4.69) is 5.32 Å². The van der Waals surface area contributed by atoms with E-state index in [9.17, 15) is 14.0 Å². The van der Waals surface area contributed by atoms with Gasteiger partial charge in [-0.15, -0.1) is 0 Å². The van der Waals surface area contributed by atoms with Gasteiger partial charge in [-0.1, -0.05) is 12.1 Å². The van der Waals surface area contributed by atoms with Gasteiger partial charge >= 0.3 is 0 Å². The van der Waals surface area contributed by atoms with E-state index >= 15 is 0 Å². The van der Waals surface area contributed by atoms with Crippen molar-refractivity contribution in [2.75, 3.05) is 11.9 Å². The lowest BCUT2D eigenvalue weighted by Gasteiger charge is -2.28. The minimum absolute atomic E-state index is 0.0462. The molecule has 118 valence electrons. The fraction of sp³-hybridized carbons (Fsp3) is 0.222. The molecule has 0 aromatic heterocycles. The molecule has 2 aromatic carbocycles. The molecule has 1 N–H and O–H groups in total. The predicted molar refractivity (Wildman–Crippen MR) is 85.6 cm³/mol. The van der Waals surface area contributed by atoms with Crippen LogP contribution in [0.15, 0.2) is 42.5 Å². The highest BCUT2D eigenvalue weighted by atomic mass is 19.1. The van der Waals surface area contributed by atoms with E-state index in [1.807, 2.05) is 18.2 Å². The van der Waals surface area contributed by atoms with Gasteiger partial charge in [0.1, 0.15) is 5.82 Å². The van der Waals surface area contributed by atoms with Crippen molar-refractivity contribution < 1.29 is 14.0 Å². The van der Waals surface area contributed by atoms with E-state index in [1.54, 1.807) is 17.9 Å². The fourth-order valence-electron chi connectivity index (χ4n) is 2.74. The first-order chi connectivity index (χ1) is 11.0. The number of nitrogens with zero attached hydrogens (tertiary/aromatic N) is 1. The van der Waals surface area contributed by atoms with Crippen molar-refractivity contribution in [3.8, 4) is 0 Å². The molecule has 1 aliphatic rings. The summed E-state index contributed by atoms with van der Waals surface area (Å²) in [6.45, 7) is 2.83. The van der Waals surface area contributed by atoms with E-state index in [4.69, 9.17) is 0 Å². The van der Waals surface area contributed by atoms with Crippen molar-refractivity contribution in [1.82, 2.24) is 4.90 Å². The molecule has 23 heavy (non-hydrogen) atoms. The molecule has 4 nitrogen and oxygen atoms in total. The molecule has 0 atom stereocenters. The van der Waals surface area contributed by atoms with Crippen molar-refractivity contribution in [3.05, 3.63) is 65.0 Å². The van der Waals surface area contributed by atoms with Gasteiger partial charge in [-0.3, -0.25) is 9.59 Å². The van der Waals surface area contributed by atoms with Crippen LogP contribution in [0.4, 0.5) is 10.1 Å². The van der Waals surface area contributed by atoms with Crippen LogP contribution in [-0.2, 0) is 17.8 Å². The smallest absolute Gasteiger partial charge is 0.255 e. The van der Waals surface area contributed by atoms with Gasteiger partial charge in [0.05, 0.1) is 0 Å². The summed E-state index contributed by atoms with van der Waals surface area (Å²) in [6.07, 6.45) is 0.813. The lowest BCUT2D eigenvalue weighted by atomic mass is 9.99. The monoisotopic (exact) mass is 312 g/mol. The Morgan fingerprint density at radius 2 is 1.96 bits per heavy atom. The summed E-state index contributed by atoms with van der Waals surface area (Å²) < 4.78 is 13.2. The quantitative estimate of drug-likeness (QED) is 0.927. The number of nitrogens with one attached hydrogen (secondary N) is 1. The maximum absolute atomic E-state index is 13.2. The Morgan fingerprint density at radius 1 is 1.13 bits per heavy atom. The van der Waals surface area contributed by atoms with Gasteiger partial charge in [0.2, 0.25) is 5.91 Å². The number of carbonyl (C=O) groups excluding carboxylic acids is 2. The van der Waals surface area contributed by atoms with Gasteiger partial charge in [-0.25, -0.2) is 4.39 Å². The van der Waals surface area contributed by atoms with Crippen LogP contribution >= 0.6 is 0 Å². The Hall–Kier alpha value is -2.69. The number of halogens is 1. The van der Waals surface area contributed by atoms with Crippen molar-refractivity contribution in [2.45, 2.75) is 19.9 Å². The highest BCUT2D eigenvalue weighted by Gasteiger charge is 2.18. The Balaban J connectivity index is 1.78. The molecule has 2 amide bonds. The normalized spacial score (nSPS) is 13.4. The minimum atomic E-state index is -0.444. The number of amides is 2. The second kappa shape index (κ2) is 6.20. The average molecular weight is 312 g/mol. The Labute approximate surface area is 133 Å². The molecule has 1 heterocycles. The maximum atomic E-state index is 13.2. The molecule has 0 aliphatic carbocycles. The molecule has 0 radical (unpaired) electrons. The number of carbonyl (C=O) groups is 2. The van der Waals surface area contributed by atoms with Crippen LogP contribution in [0.1, 0.15) is 28.4 Å². The van der Waals surface area contributed by atoms with Gasteiger partial charge < -0.3 is 10.2 Å². The number of rotatable bonds is 2. The van der Waals surface area contributed by atoms with Gasteiger partial charge in [0, 0.05) is 31.3 Å². The van der Waals surface area contributed by atoms with Gasteiger partial charge in [-0.05, 0) is 47.9 Å². The Kier molecular flexibility index (Phi) is 4.10. The predicted octanol–water partition coefficient (Wildman–Crippen LogP) is 2.98. The van der Waals surface area contributed by atoms with E-state index in [1.165, 1.54) is 23.8 Å². The molecule has 0 fully saturated rings. The zero-order chi connectivity index (χ0) is 16.4. The third-order valence-electron chi connectivity index (χ3n) is 4.01. The van der Waals surface area contributed by atoms with Crippen molar-refractivity contribution in [3.63, 3.8) is 0 Å². The highest BCUT2D eigenvalue weighted by molar-refractivity contribution is 6.04. The minimum Gasteiger partial charge on any atom is -0.338 e. The summed E-state index contributed by atoms with van der Waals surface area (Å²) in [5.41, 5.74) is 3.13. The van der Waals surface area contributed by atoms with E-state index < -0.39 is 5.82 Å². The summed E-state index contributed by atoms with van der Waals surface area (Å²) in [5.74, 6) is -0.756. The summed E-state index contributed by atoms with van der Waals surface area (Å²) >= 11 is 0. The lowest BCUT2D eigenvalue weighted by molar-refractivity contribution is -0.129. The summed E-state index contributed by atoms with van der Waals surface area (Å²) in [7, 11) is 0. The molecule has 5 heteroatoms. The van der Waals surface area contributed by atoms with Gasteiger partial charge in [-0.2, -0.15) is 0 Å². The number of anilines is 1. The van der Waals surface area contributed by atoms with Crippen LogP contribution in [0.3, 0.4) is 0 Å². The van der Waals surface area contributed by atoms with Crippen molar-refractivity contribution in [2.24, 2.45) is 0 Å². The number of fused-ring (bicyclic) bond motifs is 1. The third kappa shape index (κ3) is 3.39. The van der Waals surface area contributed by atoms with Crippen LogP contribution in [0.5, 0.6) is 0 Å². The van der Waals surface area contributed by atoms with E-state index in [-0.39, 0.29) is 17.4 Å². The van der Waals surface area contributed by atoms with Crippen LogP contribution in [0, 0.1) is 5.82 Å². The second-order valence-electron chi connectivity index (χ2n) is 5.64. The summed E-state index contributed by atoms with van der Waals surface area (Å²) in [5, 5.41) is 2.77. The first-order valence-electron chi connectivity index (χ1n) is 7.47. The molecular weight excluding hydrogens is 295 g/mol. The molecule has 3 rings (SSSR count). The van der Waals surface area contributed by atoms with Gasteiger partial charge in [0.25, 0.3) is 5.91 Å². The van der Waals surface area contributed by atoms with Crippen LogP contribution in [0.2, 0.25) is 0 Å². The Bertz CT molecular complexity index is 773. The van der Waals surface area contributed by atoms with Crippen LogP contribution in [0.25, 0.3) is 0 Å². The third-order valence-corrected chi connectivity index (χ3v) is 4.01. The SMILES string of the molecule is CC(=O)N1CCc2ccc(NC(=O)c3cccc(F)c3)cc2C1. The molecule has 1 aliphatic heterocycles. The first-order valence-corrected chi connectivity index (χ1v) is 7.47. The molecule has 0 spiro atoms. The van der Waals surface area contributed by atoms with Crippen molar-refractivity contribution >= 4 is 17.5 Å². The lowest BCUT2D eigenvalue weighted by Crippen LogP contribution is -2.34. The second-order valence-corrected chi connectivity index (χ2v) is 5.64. The first kappa shape index (κ1) is 15.2. The fourth-order valence-corrected chi connectivity index (χ4v) is 2.74. The molecule has 0 unspecified atom stereocenters. The summed E-state index contributed by atoms with van der Waals surface area (Å²) in [4.78, 5) is 25.5. The van der Waals surface area contributed by atoms with Crippen molar-refractivity contribution in [1.29, 1.82) is 0 Å². The maximum Gasteiger partial charge on any atom is 0.255 e. The molecule has 2 aromatic rings. The Morgan fingerprint density at radius 3 is 2.70 bits per heavy atom. The van der Waals surface area contributed by atoms with Crippen LogP contribution in [-0.4, -0.2) is 23.3 Å². The number of hydrogen-bond donors (Lipinski definition) is 1. The topological polar surface area (TPSA) is 49.4 Å². The van der Waals surface area contributed by atoms with E-state index in [0.717, 1.165) is 18.5 Å². The molecule has 0 saturated heterocycles. The zero-order valence-electron chi connectivity index (χ0n) is 12.8. The summed E-state index contributed by atoms with van der Waals surface area (Å²) in [6, 6.07) is 11.2. The zero-order valence-corrected chi connectivity index (χ0v) is 12.8. The largest absolute Gasteiger partial charge is 0.338 e. The average Bonchev–Trinajstić information content (AvgIpc) is 2.54. The standard InChI is InChI=1S/C18H17FN2O2/c1-12(22)21-8-7-13-5-6-17(10-15(13)11-21)20-18(23)14-3-2-4-16(19)9-14/h2-6,9-10H,7-8,11H2,1H3,(H,20,23). The van der Waals surface area contributed by atoms with E-state index in [0.29, 0.717) is 12.2 Å². The van der Waals surface area contributed by atoms with Crippen LogP contribution < -0.4 is 5.32 Å². The number of hydrogen-bond acceptors (Lipinski definition) is 2. The van der Waals surface area contributed by atoms with Gasteiger partial charge in [0.15, 0.2) is 0 Å². The highest BCUT2D eigenvalue weighted by Crippen LogP contribution is 2.23. The molecular formula is C18H17FN2O2. The molecule has 0 bridgehead atoms. The number of benzene rings is 2.